The molecule has 276 valence electrons. The van der Waals surface area contributed by atoms with Gasteiger partial charge in [-0.05, 0) is 98.4 Å². The van der Waals surface area contributed by atoms with E-state index in [4.69, 9.17) is 19.9 Å². The number of hydrogen-bond donors (Lipinski definition) is 0. The molecular formula is C54H35N5. The lowest BCUT2D eigenvalue weighted by Crippen LogP contribution is -2.02. The molecule has 0 aliphatic heterocycles. The molecule has 0 saturated heterocycles. The third kappa shape index (κ3) is 6.32. The standard InChI is InChI=1S/C54H35N5/c1-4-17-36(18-5-1)38-22-16-23-40(31-38)52-56-51(37-19-6-2-7-20-37)57-53(58-52)42-32-41(48-35-39-21-10-11-26-45(39)46-27-12-13-28-47(46)48)33-43(34-42)54-55-49-29-14-15-30-50(49)59(54)44-24-8-3-9-25-44/h1-35H. The molecule has 11 aromatic rings. The van der Waals surface area contributed by atoms with Crippen LogP contribution in [-0.4, -0.2) is 24.5 Å². The second-order valence-electron chi connectivity index (χ2n) is 14.7. The van der Waals surface area contributed by atoms with E-state index in [2.05, 4.69) is 180 Å². The first-order chi connectivity index (χ1) is 29.2. The number of aromatic nitrogens is 5. The van der Waals surface area contributed by atoms with Gasteiger partial charge >= 0.3 is 0 Å². The number of benzene rings is 9. The van der Waals surface area contributed by atoms with Crippen molar-refractivity contribution in [1.29, 1.82) is 0 Å². The number of rotatable bonds is 7. The molecule has 9 aromatic carbocycles. The van der Waals surface area contributed by atoms with Crippen LogP contribution in [0, 0.1) is 0 Å². The Kier molecular flexibility index (Phi) is 8.41. The zero-order chi connectivity index (χ0) is 39.1. The van der Waals surface area contributed by atoms with Crippen LogP contribution in [0.4, 0.5) is 0 Å². The van der Waals surface area contributed by atoms with E-state index in [-0.39, 0.29) is 0 Å². The Morgan fingerprint density at radius 3 is 1.61 bits per heavy atom. The smallest absolute Gasteiger partial charge is 0.164 e. The normalized spacial score (nSPS) is 11.4. The van der Waals surface area contributed by atoms with Gasteiger partial charge in [-0.2, -0.15) is 0 Å². The highest BCUT2D eigenvalue weighted by Gasteiger charge is 2.20. The van der Waals surface area contributed by atoms with Crippen LogP contribution in [0.25, 0.3) is 106 Å². The summed E-state index contributed by atoms with van der Waals surface area (Å²) in [5.74, 6) is 2.62. The van der Waals surface area contributed by atoms with Crippen molar-refractivity contribution in [3.8, 4) is 73.5 Å². The summed E-state index contributed by atoms with van der Waals surface area (Å²) < 4.78 is 2.25. The fraction of sp³-hybridized carbons (Fsp3) is 0. The molecule has 0 aliphatic rings. The summed E-state index contributed by atoms with van der Waals surface area (Å²) in [5.41, 5.74) is 11.0. The quantitative estimate of drug-likeness (QED) is 0.152. The minimum atomic E-state index is 0.578. The molecule has 0 N–H and O–H groups in total. The molecule has 0 fully saturated rings. The van der Waals surface area contributed by atoms with E-state index < -0.39 is 0 Å². The zero-order valence-corrected chi connectivity index (χ0v) is 31.9. The summed E-state index contributed by atoms with van der Waals surface area (Å²) in [4.78, 5) is 21.0. The SMILES string of the molecule is c1ccc(-c2cccc(-c3nc(-c4ccccc4)nc(-c4cc(-c5cc6ccccc6c6ccccc56)cc(-c5nc6ccccc6n5-c5ccccc5)c4)n3)c2)cc1. The predicted molar refractivity (Wildman–Crippen MR) is 242 cm³/mol. The lowest BCUT2D eigenvalue weighted by atomic mass is 9.91. The third-order valence-electron chi connectivity index (χ3n) is 11.0. The Morgan fingerprint density at radius 1 is 0.305 bits per heavy atom. The van der Waals surface area contributed by atoms with E-state index in [1.807, 2.05) is 36.4 Å². The summed E-state index contributed by atoms with van der Waals surface area (Å²) >= 11 is 0. The summed E-state index contributed by atoms with van der Waals surface area (Å²) in [6.45, 7) is 0. The van der Waals surface area contributed by atoms with Gasteiger partial charge in [-0.15, -0.1) is 0 Å². The minimum Gasteiger partial charge on any atom is -0.292 e. The highest BCUT2D eigenvalue weighted by molar-refractivity contribution is 6.14. The molecule has 0 bridgehead atoms. The minimum absolute atomic E-state index is 0.578. The zero-order valence-electron chi connectivity index (χ0n) is 31.9. The summed E-state index contributed by atoms with van der Waals surface area (Å²) in [6.07, 6.45) is 0. The molecule has 5 nitrogen and oxygen atoms in total. The first-order valence-electron chi connectivity index (χ1n) is 19.8. The van der Waals surface area contributed by atoms with Gasteiger partial charge in [-0.25, -0.2) is 19.9 Å². The molecule has 11 rings (SSSR count). The number of nitrogens with zero attached hydrogens (tertiary/aromatic N) is 5. The highest BCUT2D eigenvalue weighted by Crippen LogP contribution is 2.40. The average molecular weight is 754 g/mol. The molecular weight excluding hydrogens is 719 g/mol. The third-order valence-corrected chi connectivity index (χ3v) is 11.0. The van der Waals surface area contributed by atoms with Gasteiger partial charge in [0.15, 0.2) is 17.5 Å². The number of fused-ring (bicyclic) bond motifs is 4. The van der Waals surface area contributed by atoms with E-state index in [0.29, 0.717) is 17.5 Å². The summed E-state index contributed by atoms with van der Waals surface area (Å²) in [7, 11) is 0. The summed E-state index contributed by atoms with van der Waals surface area (Å²) in [5, 5.41) is 4.78. The Bertz CT molecular complexity index is 3320. The maximum atomic E-state index is 5.32. The number of para-hydroxylation sites is 3. The van der Waals surface area contributed by atoms with E-state index >= 15 is 0 Å². The van der Waals surface area contributed by atoms with Crippen LogP contribution >= 0.6 is 0 Å². The maximum absolute atomic E-state index is 5.32. The molecule has 0 saturated carbocycles. The van der Waals surface area contributed by atoms with Gasteiger partial charge in [0.1, 0.15) is 5.82 Å². The Hall–Kier alpha value is -8.02. The van der Waals surface area contributed by atoms with Gasteiger partial charge in [-0.3, -0.25) is 4.57 Å². The van der Waals surface area contributed by atoms with Crippen molar-refractivity contribution in [3.63, 3.8) is 0 Å². The topological polar surface area (TPSA) is 56.5 Å². The molecule has 5 heteroatoms. The highest BCUT2D eigenvalue weighted by atomic mass is 15.1. The molecule has 2 heterocycles. The molecule has 0 atom stereocenters. The Morgan fingerprint density at radius 2 is 0.831 bits per heavy atom. The molecule has 0 amide bonds. The Labute approximate surface area is 341 Å². The largest absolute Gasteiger partial charge is 0.292 e. The van der Waals surface area contributed by atoms with Crippen LogP contribution in [0.5, 0.6) is 0 Å². The van der Waals surface area contributed by atoms with Crippen LogP contribution in [0.3, 0.4) is 0 Å². The molecule has 0 radical (unpaired) electrons. The molecule has 2 aromatic heterocycles. The van der Waals surface area contributed by atoms with Crippen LogP contribution in [0.1, 0.15) is 0 Å². The van der Waals surface area contributed by atoms with Crippen LogP contribution in [-0.2, 0) is 0 Å². The van der Waals surface area contributed by atoms with Crippen molar-refractivity contribution in [2.75, 3.05) is 0 Å². The van der Waals surface area contributed by atoms with Gasteiger partial charge in [0, 0.05) is 27.9 Å². The summed E-state index contributed by atoms with van der Waals surface area (Å²) in [6, 6.07) is 74.0. The second-order valence-corrected chi connectivity index (χ2v) is 14.7. The van der Waals surface area contributed by atoms with Gasteiger partial charge in [0.05, 0.1) is 11.0 Å². The lowest BCUT2D eigenvalue weighted by molar-refractivity contribution is 1.07. The van der Waals surface area contributed by atoms with Gasteiger partial charge in [0.2, 0.25) is 0 Å². The van der Waals surface area contributed by atoms with Gasteiger partial charge in [-0.1, -0.05) is 158 Å². The maximum Gasteiger partial charge on any atom is 0.164 e. The van der Waals surface area contributed by atoms with E-state index in [1.54, 1.807) is 0 Å². The van der Waals surface area contributed by atoms with Crippen LogP contribution in [0.15, 0.2) is 212 Å². The molecule has 0 aliphatic carbocycles. The van der Waals surface area contributed by atoms with E-state index in [0.717, 1.165) is 67.1 Å². The van der Waals surface area contributed by atoms with E-state index in [9.17, 15) is 0 Å². The van der Waals surface area contributed by atoms with Gasteiger partial charge in [0.25, 0.3) is 0 Å². The molecule has 59 heavy (non-hydrogen) atoms. The number of hydrogen-bond acceptors (Lipinski definition) is 4. The van der Waals surface area contributed by atoms with Crippen LogP contribution in [0.2, 0.25) is 0 Å². The van der Waals surface area contributed by atoms with E-state index in [1.165, 1.54) is 21.5 Å². The van der Waals surface area contributed by atoms with Crippen LogP contribution < -0.4 is 0 Å². The van der Waals surface area contributed by atoms with Crippen molar-refractivity contribution < 1.29 is 0 Å². The fourth-order valence-electron chi connectivity index (χ4n) is 8.21. The van der Waals surface area contributed by atoms with Gasteiger partial charge < -0.3 is 0 Å². The fourth-order valence-corrected chi connectivity index (χ4v) is 8.21. The second kappa shape index (κ2) is 14.5. The lowest BCUT2D eigenvalue weighted by Gasteiger charge is -2.16. The first-order valence-corrected chi connectivity index (χ1v) is 19.8. The van der Waals surface area contributed by atoms with Crippen molar-refractivity contribution in [3.05, 3.63) is 212 Å². The number of imidazole rings is 1. The van der Waals surface area contributed by atoms with Crippen molar-refractivity contribution in [2.24, 2.45) is 0 Å². The van der Waals surface area contributed by atoms with Crippen molar-refractivity contribution in [1.82, 2.24) is 24.5 Å². The van der Waals surface area contributed by atoms with Crippen molar-refractivity contribution >= 4 is 32.6 Å². The monoisotopic (exact) mass is 753 g/mol. The molecule has 0 unspecified atom stereocenters. The molecule has 0 spiro atoms. The predicted octanol–water partition coefficient (Wildman–Crippen LogP) is 13.5. The Balaban J connectivity index is 1.20. The first kappa shape index (κ1) is 34.2. The van der Waals surface area contributed by atoms with Crippen molar-refractivity contribution in [2.45, 2.75) is 0 Å². The average Bonchev–Trinajstić information content (AvgIpc) is 3.72.